The average Bonchev–Trinajstić information content (AvgIpc) is 2.81. The Kier molecular flexibility index (Phi) is 4.59. The van der Waals surface area contributed by atoms with Gasteiger partial charge in [0.2, 0.25) is 11.8 Å². The molecule has 1 fully saturated rings. The van der Waals surface area contributed by atoms with Crippen LogP contribution in [-0.2, 0) is 9.59 Å². The number of nitrogens with one attached hydrogen (secondary N) is 1. The van der Waals surface area contributed by atoms with E-state index in [1.54, 1.807) is 29.2 Å². The predicted molar refractivity (Wildman–Crippen MR) is 79.3 cm³/mol. The smallest absolute Gasteiger partial charge is 0.244 e. The van der Waals surface area contributed by atoms with E-state index in [-0.39, 0.29) is 18.4 Å². The summed E-state index contributed by atoms with van der Waals surface area (Å²) in [5, 5.41) is 11.7. The van der Waals surface area contributed by atoms with Gasteiger partial charge in [-0.1, -0.05) is 26.0 Å². The molecule has 0 aromatic heterocycles. The number of benzene rings is 1. The number of nitrogens with zero attached hydrogens (tertiary/aromatic N) is 2. The van der Waals surface area contributed by atoms with E-state index in [1.807, 2.05) is 6.07 Å². The van der Waals surface area contributed by atoms with Crippen LogP contribution in [0, 0.1) is 23.2 Å². The van der Waals surface area contributed by atoms with Crippen molar-refractivity contribution in [2.24, 2.45) is 11.8 Å². The highest BCUT2D eigenvalue weighted by molar-refractivity contribution is 5.95. The van der Waals surface area contributed by atoms with Crippen LogP contribution in [0.5, 0.6) is 0 Å². The SMILES string of the molecule is CC(C)C1CC(=O)N(CC(=O)Nc2ccccc2C#N)C1. The van der Waals surface area contributed by atoms with Gasteiger partial charge in [-0.15, -0.1) is 0 Å². The Hall–Kier alpha value is -2.35. The number of para-hydroxylation sites is 1. The Morgan fingerprint density at radius 2 is 2.19 bits per heavy atom. The minimum atomic E-state index is -0.268. The molecule has 1 heterocycles. The van der Waals surface area contributed by atoms with E-state index >= 15 is 0 Å². The molecule has 1 N–H and O–H groups in total. The third-order valence-electron chi connectivity index (χ3n) is 3.84. The summed E-state index contributed by atoms with van der Waals surface area (Å²) >= 11 is 0. The van der Waals surface area contributed by atoms with Crippen LogP contribution in [0.3, 0.4) is 0 Å². The first-order valence-electron chi connectivity index (χ1n) is 7.08. The second-order valence-electron chi connectivity index (χ2n) is 5.69. The molecule has 0 bridgehead atoms. The molecule has 1 aliphatic heterocycles. The van der Waals surface area contributed by atoms with Gasteiger partial charge in [0.25, 0.3) is 0 Å². The molecule has 1 unspecified atom stereocenters. The maximum absolute atomic E-state index is 12.0. The van der Waals surface area contributed by atoms with E-state index in [4.69, 9.17) is 5.26 Å². The fourth-order valence-corrected chi connectivity index (χ4v) is 2.45. The lowest BCUT2D eigenvalue weighted by molar-refractivity contribution is -0.131. The Morgan fingerprint density at radius 3 is 2.81 bits per heavy atom. The van der Waals surface area contributed by atoms with Crippen LogP contribution in [0.4, 0.5) is 5.69 Å². The van der Waals surface area contributed by atoms with Gasteiger partial charge in [-0.3, -0.25) is 9.59 Å². The Balaban J connectivity index is 1.97. The second kappa shape index (κ2) is 6.40. The largest absolute Gasteiger partial charge is 0.333 e. The third-order valence-corrected chi connectivity index (χ3v) is 3.84. The molecule has 5 nitrogen and oxygen atoms in total. The van der Waals surface area contributed by atoms with E-state index in [0.717, 1.165) is 0 Å². The van der Waals surface area contributed by atoms with Gasteiger partial charge >= 0.3 is 0 Å². The van der Waals surface area contributed by atoms with Crippen LogP contribution in [0.15, 0.2) is 24.3 Å². The van der Waals surface area contributed by atoms with Gasteiger partial charge in [0.05, 0.1) is 17.8 Å². The van der Waals surface area contributed by atoms with Crippen molar-refractivity contribution in [3.63, 3.8) is 0 Å². The fourth-order valence-electron chi connectivity index (χ4n) is 2.45. The van der Waals surface area contributed by atoms with E-state index in [9.17, 15) is 9.59 Å². The predicted octanol–water partition coefficient (Wildman–Crippen LogP) is 2.00. The molecule has 0 spiro atoms. The maximum atomic E-state index is 12.0. The highest BCUT2D eigenvalue weighted by Crippen LogP contribution is 2.24. The Bertz CT molecular complexity index is 589. The van der Waals surface area contributed by atoms with Crippen LogP contribution in [0.25, 0.3) is 0 Å². The number of carbonyl (C=O) groups is 2. The second-order valence-corrected chi connectivity index (χ2v) is 5.69. The van der Waals surface area contributed by atoms with Crippen LogP contribution < -0.4 is 5.32 Å². The first-order chi connectivity index (χ1) is 10.0. The summed E-state index contributed by atoms with van der Waals surface area (Å²) in [4.78, 5) is 25.5. The van der Waals surface area contributed by atoms with Crippen molar-refractivity contribution in [3.8, 4) is 6.07 Å². The summed E-state index contributed by atoms with van der Waals surface area (Å²) in [6, 6.07) is 8.85. The van der Waals surface area contributed by atoms with Crippen molar-refractivity contribution >= 4 is 17.5 Å². The number of nitriles is 1. The molecule has 1 saturated heterocycles. The van der Waals surface area contributed by atoms with Crippen molar-refractivity contribution < 1.29 is 9.59 Å². The van der Waals surface area contributed by atoms with Crippen LogP contribution >= 0.6 is 0 Å². The van der Waals surface area contributed by atoms with Crippen LogP contribution in [0.2, 0.25) is 0 Å². The number of hydrogen-bond acceptors (Lipinski definition) is 3. The number of rotatable bonds is 4. The van der Waals surface area contributed by atoms with Gasteiger partial charge in [0, 0.05) is 13.0 Å². The summed E-state index contributed by atoms with van der Waals surface area (Å²) in [6.07, 6.45) is 0.514. The Morgan fingerprint density at radius 1 is 1.48 bits per heavy atom. The molecule has 2 amide bonds. The fraction of sp³-hybridized carbons (Fsp3) is 0.438. The topological polar surface area (TPSA) is 73.2 Å². The number of anilines is 1. The zero-order chi connectivity index (χ0) is 15.4. The number of hydrogen-bond donors (Lipinski definition) is 1. The van der Waals surface area contributed by atoms with Gasteiger partial charge in [0.15, 0.2) is 0 Å². The zero-order valence-corrected chi connectivity index (χ0v) is 12.3. The first kappa shape index (κ1) is 15.0. The average molecular weight is 285 g/mol. The number of carbonyl (C=O) groups excluding carboxylic acids is 2. The maximum Gasteiger partial charge on any atom is 0.244 e. The molecule has 21 heavy (non-hydrogen) atoms. The normalized spacial score (nSPS) is 17.9. The molecule has 1 aromatic rings. The number of likely N-dealkylation sites (tertiary alicyclic amines) is 1. The summed E-state index contributed by atoms with van der Waals surface area (Å²) in [7, 11) is 0. The van der Waals surface area contributed by atoms with Gasteiger partial charge in [-0.2, -0.15) is 5.26 Å². The lowest BCUT2D eigenvalue weighted by Crippen LogP contribution is -2.34. The molecule has 5 heteroatoms. The zero-order valence-electron chi connectivity index (χ0n) is 12.3. The van der Waals surface area contributed by atoms with Gasteiger partial charge in [0.1, 0.15) is 6.07 Å². The van der Waals surface area contributed by atoms with E-state index in [0.29, 0.717) is 36.1 Å². The van der Waals surface area contributed by atoms with E-state index < -0.39 is 0 Å². The summed E-state index contributed by atoms with van der Waals surface area (Å²) < 4.78 is 0. The molecule has 0 aliphatic carbocycles. The third kappa shape index (κ3) is 3.60. The number of amides is 2. The van der Waals surface area contributed by atoms with Crippen molar-refractivity contribution in [1.29, 1.82) is 5.26 Å². The van der Waals surface area contributed by atoms with Crippen molar-refractivity contribution in [2.45, 2.75) is 20.3 Å². The molecule has 110 valence electrons. The first-order valence-corrected chi connectivity index (χ1v) is 7.08. The summed E-state index contributed by atoms with van der Waals surface area (Å²) in [6.45, 7) is 4.85. The minimum absolute atomic E-state index is 0.0254. The lowest BCUT2D eigenvalue weighted by atomic mass is 9.95. The van der Waals surface area contributed by atoms with E-state index in [2.05, 4.69) is 19.2 Å². The molecular formula is C16H19N3O2. The molecule has 0 radical (unpaired) electrons. The molecule has 0 saturated carbocycles. The highest BCUT2D eigenvalue weighted by atomic mass is 16.2. The molecule has 1 aromatic carbocycles. The molecule has 1 aliphatic rings. The summed E-state index contributed by atoms with van der Waals surface area (Å²) in [5.74, 6) is 0.505. The van der Waals surface area contributed by atoms with Crippen molar-refractivity contribution in [2.75, 3.05) is 18.4 Å². The van der Waals surface area contributed by atoms with Gasteiger partial charge in [-0.05, 0) is 24.0 Å². The van der Waals surface area contributed by atoms with Crippen molar-refractivity contribution in [1.82, 2.24) is 4.90 Å². The Labute approximate surface area is 124 Å². The van der Waals surface area contributed by atoms with Gasteiger partial charge < -0.3 is 10.2 Å². The van der Waals surface area contributed by atoms with Crippen molar-refractivity contribution in [3.05, 3.63) is 29.8 Å². The lowest BCUT2D eigenvalue weighted by Gasteiger charge is -2.17. The standard InChI is InChI=1S/C16H19N3O2/c1-11(2)13-7-16(21)19(9-13)10-15(20)18-14-6-4-3-5-12(14)8-17/h3-6,11,13H,7,9-10H2,1-2H3,(H,18,20). The highest BCUT2D eigenvalue weighted by Gasteiger charge is 2.32. The van der Waals surface area contributed by atoms with Crippen LogP contribution in [0.1, 0.15) is 25.8 Å². The van der Waals surface area contributed by atoms with E-state index in [1.165, 1.54) is 0 Å². The minimum Gasteiger partial charge on any atom is -0.333 e. The molecule has 1 atom stereocenters. The summed E-state index contributed by atoms with van der Waals surface area (Å²) in [5.41, 5.74) is 0.899. The molecule has 2 rings (SSSR count). The quantitative estimate of drug-likeness (QED) is 0.919. The molecular weight excluding hydrogens is 266 g/mol. The monoisotopic (exact) mass is 285 g/mol. The van der Waals surface area contributed by atoms with Gasteiger partial charge in [-0.25, -0.2) is 0 Å². The van der Waals surface area contributed by atoms with Crippen LogP contribution in [-0.4, -0.2) is 29.8 Å².